The smallest absolute Gasteiger partial charge is 0.328 e. The molecular formula is C14H16N2O5. The fourth-order valence-corrected chi connectivity index (χ4v) is 2.22. The predicted octanol–water partition coefficient (Wildman–Crippen LogP) is 0.549. The molecule has 3 N–H and O–H groups in total. The van der Waals surface area contributed by atoms with Crippen molar-refractivity contribution in [3.63, 3.8) is 0 Å². The van der Waals surface area contributed by atoms with Crippen molar-refractivity contribution in [1.29, 1.82) is 0 Å². The molecule has 1 heterocycles. The number of nitrogens with zero attached hydrogens (tertiary/aromatic N) is 1. The highest BCUT2D eigenvalue weighted by molar-refractivity contribution is 5.90. The second kappa shape index (κ2) is 5.92. The van der Waals surface area contributed by atoms with Crippen LogP contribution in [0.15, 0.2) is 16.7 Å². The third-order valence-corrected chi connectivity index (χ3v) is 3.13. The van der Waals surface area contributed by atoms with Gasteiger partial charge in [-0.2, -0.15) is 0 Å². The van der Waals surface area contributed by atoms with E-state index in [9.17, 15) is 9.59 Å². The number of carboxylic acids is 1. The number of aliphatic hydroxyl groups excluding tert-OH is 1. The van der Waals surface area contributed by atoms with Crippen molar-refractivity contribution in [2.45, 2.75) is 26.3 Å². The molecule has 0 fully saturated rings. The Kier molecular flexibility index (Phi) is 4.23. The minimum atomic E-state index is -1.32. The Morgan fingerprint density at radius 3 is 2.71 bits per heavy atom. The van der Waals surface area contributed by atoms with Crippen LogP contribution in [-0.2, 0) is 16.0 Å². The number of benzene rings is 1. The summed E-state index contributed by atoms with van der Waals surface area (Å²) in [5, 5.41) is 24.5. The molecule has 0 aliphatic carbocycles. The van der Waals surface area contributed by atoms with Gasteiger partial charge < -0.3 is 20.1 Å². The monoisotopic (exact) mass is 292 g/mol. The molecule has 1 atom stereocenters. The standard InChI is InChI=1S/C14H16N2O5/c1-7-3-8(2)13-9(16-21-11(13)4-7)5-12(18)15-10(6-17)14(19)20/h3-4,10,17H,5-6H2,1-2H3,(H,15,18)(H,19,20). The molecule has 0 saturated heterocycles. The molecule has 2 aromatic rings. The minimum Gasteiger partial charge on any atom is -0.480 e. The number of aliphatic carboxylic acids is 1. The van der Waals surface area contributed by atoms with E-state index in [0.717, 1.165) is 16.5 Å². The molecular weight excluding hydrogens is 276 g/mol. The van der Waals surface area contributed by atoms with E-state index in [2.05, 4.69) is 10.5 Å². The molecule has 2 rings (SSSR count). The average molecular weight is 292 g/mol. The highest BCUT2D eigenvalue weighted by Crippen LogP contribution is 2.24. The number of aryl methyl sites for hydroxylation is 2. The van der Waals surface area contributed by atoms with Gasteiger partial charge in [0.15, 0.2) is 5.58 Å². The van der Waals surface area contributed by atoms with Gasteiger partial charge in [0, 0.05) is 5.39 Å². The van der Waals surface area contributed by atoms with Crippen LogP contribution < -0.4 is 5.32 Å². The molecule has 7 heteroatoms. The molecule has 1 aromatic carbocycles. The molecule has 1 unspecified atom stereocenters. The van der Waals surface area contributed by atoms with Crippen LogP contribution in [0, 0.1) is 13.8 Å². The third-order valence-electron chi connectivity index (χ3n) is 3.13. The van der Waals surface area contributed by atoms with Crippen molar-refractivity contribution in [2.75, 3.05) is 6.61 Å². The molecule has 0 aliphatic heterocycles. The summed E-state index contributed by atoms with van der Waals surface area (Å²) in [4.78, 5) is 22.6. The van der Waals surface area contributed by atoms with Crippen molar-refractivity contribution in [3.05, 3.63) is 29.0 Å². The SMILES string of the molecule is Cc1cc(C)c2c(CC(=O)NC(CO)C(=O)O)noc2c1. The zero-order chi connectivity index (χ0) is 15.6. The van der Waals surface area contributed by atoms with Crippen LogP contribution in [0.1, 0.15) is 16.8 Å². The Labute approximate surface area is 120 Å². The van der Waals surface area contributed by atoms with Crippen LogP contribution in [-0.4, -0.2) is 39.9 Å². The topological polar surface area (TPSA) is 113 Å². The minimum absolute atomic E-state index is 0.110. The van der Waals surface area contributed by atoms with Gasteiger partial charge in [0.2, 0.25) is 5.91 Å². The highest BCUT2D eigenvalue weighted by atomic mass is 16.5. The van der Waals surface area contributed by atoms with Gasteiger partial charge in [0.05, 0.1) is 13.0 Å². The van der Waals surface area contributed by atoms with Crippen LogP contribution in [0.5, 0.6) is 0 Å². The van der Waals surface area contributed by atoms with Crippen LogP contribution >= 0.6 is 0 Å². The Morgan fingerprint density at radius 2 is 2.10 bits per heavy atom. The highest BCUT2D eigenvalue weighted by Gasteiger charge is 2.21. The predicted molar refractivity (Wildman–Crippen MR) is 73.8 cm³/mol. The molecule has 112 valence electrons. The Hall–Kier alpha value is -2.41. The van der Waals surface area contributed by atoms with Crippen LogP contribution in [0.2, 0.25) is 0 Å². The van der Waals surface area contributed by atoms with Crippen LogP contribution in [0.4, 0.5) is 0 Å². The second-order valence-corrected chi connectivity index (χ2v) is 4.90. The largest absolute Gasteiger partial charge is 0.480 e. The number of aliphatic hydroxyl groups is 1. The number of amides is 1. The molecule has 21 heavy (non-hydrogen) atoms. The number of nitrogens with one attached hydrogen (secondary N) is 1. The molecule has 0 radical (unpaired) electrons. The number of fused-ring (bicyclic) bond motifs is 1. The van der Waals surface area contributed by atoms with Gasteiger partial charge in [-0.05, 0) is 31.0 Å². The van der Waals surface area contributed by atoms with Gasteiger partial charge in [-0.25, -0.2) is 4.79 Å². The van der Waals surface area contributed by atoms with Gasteiger partial charge in [-0.15, -0.1) is 0 Å². The summed E-state index contributed by atoms with van der Waals surface area (Å²) >= 11 is 0. The molecule has 0 aliphatic rings. The number of rotatable bonds is 5. The van der Waals surface area contributed by atoms with Gasteiger partial charge in [-0.1, -0.05) is 11.2 Å². The Balaban J connectivity index is 2.20. The number of aromatic nitrogens is 1. The molecule has 7 nitrogen and oxygen atoms in total. The molecule has 0 saturated carbocycles. The lowest BCUT2D eigenvalue weighted by molar-refractivity contribution is -0.142. The van der Waals surface area contributed by atoms with E-state index < -0.39 is 24.5 Å². The summed E-state index contributed by atoms with van der Waals surface area (Å²) < 4.78 is 5.19. The third kappa shape index (κ3) is 3.19. The zero-order valence-corrected chi connectivity index (χ0v) is 11.7. The Bertz CT molecular complexity index is 692. The fraction of sp³-hybridized carbons (Fsp3) is 0.357. The lowest BCUT2D eigenvalue weighted by atomic mass is 10.0. The summed E-state index contributed by atoms with van der Waals surface area (Å²) in [6.45, 7) is 3.15. The first-order chi connectivity index (χ1) is 9.92. The summed E-state index contributed by atoms with van der Waals surface area (Å²) in [5.41, 5.74) is 3.00. The zero-order valence-electron chi connectivity index (χ0n) is 11.7. The van der Waals surface area contributed by atoms with Crippen molar-refractivity contribution >= 4 is 22.8 Å². The van der Waals surface area contributed by atoms with Gasteiger partial charge in [0.25, 0.3) is 0 Å². The summed E-state index contributed by atoms with van der Waals surface area (Å²) in [5.74, 6) is -1.82. The number of hydrogen-bond acceptors (Lipinski definition) is 5. The number of hydrogen-bond donors (Lipinski definition) is 3. The number of carbonyl (C=O) groups excluding carboxylic acids is 1. The van der Waals surface area contributed by atoms with Gasteiger partial charge in [-0.3, -0.25) is 4.79 Å². The second-order valence-electron chi connectivity index (χ2n) is 4.90. The van der Waals surface area contributed by atoms with Crippen molar-refractivity contribution < 1.29 is 24.3 Å². The molecule has 1 aromatic heterocycles. The van der Waals surface area contributed by atoms with E-state index in [1.165, 1.54) is 0 Å². The quantitative estimate of drug-likeness (QED) is 0.741. The maximum Gasteiger partial charge on any atom is 0.328 e. The van der Waals surface area contributed by atoms with E-state index >= 15 is 0 Å². The maximum atomic E-state index is 11.8. The van der Waals surface area contributed by atoms with E-state index in [1.807, 2.05) is 26.0 Å². The molecule has 0 spiro atoms. The first-order valence-electron chi connectivity index (χ1n) is 6.41. The van der Waals surface area contributed by atoms with Crippen LogP contribution in [0.25, 0.3) is 11.0 Å². The average Bonchev–Trinajstić information content (AvgIpc) is 2.78. The summed E-state index contributed by atoms with van der Waals surface area (Å²) in [7, 11) is 0. The first-order valence-corrected chi connectivity index (χ1v) is 6.41. The first kappa shape index (κ1) is 15.0. The van der Waals surface area contributed by atoms with E-state index in [0.29, 0.717) is 11.3 Å². The van der Waals surface area contributed by atoms with E-state index in [-0.39, 0.29) is 6.42 Å². The summed E-state index contributed by atoms with van der Waals surface area (Å²) in [6, 6.07) is 2.46. The van der Waals surface area contributed by atoms with Crippen molar-refractivity contribution in [2.24, 2.45) is 0 Å². The number of carboxylic acid groups (broad SMARTS) is 1. The Morgan fingerprint density at radius 1 is 1.38 bits per heavy atom. The van der Waals surface area contributed by atoms with E-state index in [1.54, 1.807) is 0 Å². The molecule has 0 bridgehead atoms. The van der Waals surface area contributed by atoms with Crippen molar-refractivity contribution in [1.82, 2.24) is 10.5 Å². The van der Waals surface area contributed by atoms with Crippen LogP contribution in [0.3, 0.4) is 0 Å². The normalized spacial score (nSPS) is 12.3. The fourth-order valence-electron chi connectivity index (χ4n) is 2.22. The van der Waals surface area contributed by atoms with E-state index in [4.69, 9.17) is 14.7 Å². The summed E-state index contributed by atoms with van der Waals surface area (Å²) in [6.07, 6.45) is -0.110. The van der Waals surface area contributed by atoms with Gasteiger partial charge >= 0.3 is 5.97 Å². The molecule has 1 amide bonds. The maximum absolute atomic E-state index is 11.8. The van der Waals surface area contributed by atoms with Gasteiger partial charge in [0.1, 0.15) is 11.7 Å². The number of carbonyl (C=O) groups is 2. The van der Waals surface area contributed by atoms with Crippen molar-refractivity contribution in [3.8, 4) is 0 Å². The lowest BCUT2D eigenvalue weighted by Crippen LogP contribution is -2.44. The lowest BCUT2D eigenvalue weighted by Gasteiger charge is -2.10.